The topological polar surface area (TPSA) is 54.7 Å². The first-order valence-corrected chi connectivity index (χ1v) is 8.28. The third-order valence-electron chi connectivity index (χ3n) is 3.28. The zero-order valence-electron chi connectivity index (χ0n) is 11.3. The summed E-state index contributed by atoms with van der Waals surface area (Å²) >= 11 is 8.03. The molecule has 110 valence electrons. The molecule has 0 spiro atoms. The van der Waals surface area contributed by atoms with Crippen molar-refractivity contribution in [2.24, 2.45) is 4.99 Å². The quantitative estimate of drug-likeness (QED) is 0.870. The van der Waals surface area contributed by atoms with Crippen molar-refractivity contribution in [3.05, 3.63) is 34.5 Å². The van der Waals surface area contributed by atoms with Crippen LogP contribution < -0.4 is 4.52 Å². The minimum Gasteiger partial charge on any atom is -0.480 e. The van der Waals surface area contributed by atoms with Crippen LogP contribution in [0.5, 0.6) is 5.75 Å². The molecular formula is C14H14ClN2O2PS. The highest BCUT2D eigenvalue weighted by Crippen LogP contribution is 2.35. The first-order chi connectivity index (χ1) is 10.1. The smallest absolute Gasteiger partial charge is 0.134 e. The summed E-state index contributed by atoms with van der Waals surface area (Å²) in [5, 5.41) is 11.5. The third kappa shape index (κ3) is 2.76. The lowest BCUT2D eigenvalue weighted by atomic mass is 10.1. The maximum Gasteiger partial charge on any atom is 0.134 e. The minimum atomic E-state index is -0.121. The number of pyridine rings is 1. The largest absolute Gasteiger partial charge is 0.480 e. The van der Waals surface area contributed by atoms with E-state index in [2.05, 4.69) is 26.4 Å². The lowest BCUT2D eigenvalue weighted by molar-refractivity contribution is 0.282. The van der Waals surface area contributed by atoms with Crippen LogP contribution in [0.3, 0.4) is 0 Å². The van der Waals surface area contributed by atoms with Crippen LogP contribution in [-0.2, 0) is 6.61 Å². The molecule has 1 aromatic heterocycles. The van der Waals surface area contributed by atoms with Crippen LogP contribution in [0.25, 0.3) is 10.9 Å². The van der Waals surface area contributed by atoms with Gasteiger partial charge >= 0.3 is 0 Å². The van der Waals surface area contributed by atoms with E-state index in [1.165, 1.54) is 0 Å². The molecule has 0 aliphatic carbocycles. The van der Waals surface area contributed by atoms with E-state index in [4.69, 9.17) is 16.1 Å². The van der Waals surface area contributed by atoms with Crippen LogP contribution in [0.15, 0.2) is 23.2 Å². The van der Waals surface area contributed by atoms with Crippen LogP contribution in [0.4, 0.5) is 0 Å². The molecule has 1 aliphatic rings. The number of aliphatic hydroxyl groups excluding tert-OH is 1. The summed E-state index contributed by atoms with van der Waals surface area (Å²) in [6.45, 7) is 1.95. The average molecular weight is 341 g/mol. The van der Waals surface area contributed by atoms with E-state index in [-0.39, 0.29) is 6.61 Å². The monoisotopic (exact) mass is 340 g/mol. The summed E-state index contributed by atoms with van der Waals surface area (Å²) in [5.74, 6) is 1.63. The Kier molecular flexibility index (Phi) is 4.36. The number of nitrogens with zero attached hydrogens (tertiary/aromatic N) is 2. The molecule has 3 rings (SSSR count). The molecule has 1 aliphatic heterocycles. The van der Waals surface area contributed by atoms with E-state index in [0.717, 1.165) is 21.9 Å². The molecule has 0 fully saturated rings. The molecule has 7 heteroatoms. The fourth-order valence-electron chi connectivity index (χ4n) is 2.21. The molecule has 2 atom stereocenters. The number of rotatable bonds is 3. The molecular weight excluding hydrogens is 327 g/mol. The van der Waals surface area contributed by atoms with E-state index in [1.54, 1.807) is 17.8 Å². The number of aliphatic imine (C=N–C) groups is 1. The summed E-state index contributed by atoms with van der Waals surface area (Å²) in [7, 11) is 2.25. The fraction of sp³-hybridized carbons (Fsp3) is 0.286. The van der Waals surface area contributed by atoms with Crippen LogP contribution in [0.1, 0.15) is 18.2 Å². The molecule has 4 nitrogen and oxygen atoms in total. The van der Waals surface area contributed by atoms with Gasteiger partial charge < -0.3 is 9.63 Å². The molecule has 21 heavy (non-hydrogen) atoms. The number of halogens is 1. The van der Waals surface area contributed by atoms with Crippen molar-refractivity contribution >= 4 is 48.8 Å². The molecule has 0 amide bonds. The van der Waals surface area contributed by atoms with Gasteiger partial charge in [-0.05, 0) is 18.6 Å². The van der Waals surface area contributed by atoms with Crippen molar-refractivity contribution < 1.29 is 9.63 Å². The molecule has 2 aromatic rings. The Bertz CT molecular complexity index is 738. The second kappa shape index (κ2) is 6.09. The van der Waals surface area contributed by atoms with E-state index in [9.17, 15) is 5.11 Å². The van der Waals surface area contributed by atoms with Crippen molar-refractivity contribution in [1.29, 1.82) is 0 Å². The average Bonchev–Trinajstić information content (AvgIpc) is 2.93. The molecule has 0 radical (unpaired) electrons. The highest BCUT2D eigenvalue weighted by Gasteiger charge is 2.20. The Balaban J connectivity index is 2.24. The Labute approximate surface area is 134 Å². The van der Waals surface area contributed by atoms with Gasteiger partial charge in [0.15, 0.2) is 0 Å². The van der Waals surface area contributed by atoms with Gasteiger partial charge in [0, 0.05) is 17.2 Å². The number of thioether (sulfide) groups is 1. The number of hydrogen-bond donors (Lipinski definition) is 1. The van der Waals surface area contributed by atoms with Gasteiger partial charge in [0.05, 0.1) is 38.3 Å². The van der Waals surface area contributed by atoms with E-state index in [0.29, 0.717) is 27.9 Å². The molecule has 2 heterocycles. The van der Waals surface area contributed by atoms with Gasteiger partial charge in [-0.3, -0.25) is 4.99 Å². The van der Waals surface area contributed by atoms with Crippen LogP contribution in [-0.4, -0.2) is 26.9 Å². The second-order valence-corrected chi connectivity index (χ2v) is 6.43. The lowest BCUT2D eigenvalue weighted by Gasteiger charge is -2.11. The number of benzene rings is 1. The third-order valence-corrected chi connectivity index (χ3v) is 5.19. The summed E-state index contributed by atoms with van der Waals surface area (Å²) in [6, 6.07) is 5.80. The Morgan fingerprint density at radius 2 is 2.33 bits per heavy atom. The van der Waals surface area contributed by atoms with Gasteiger partial charge in [-0.2, -0.15) is 0 Å². The minimum absolute atomic E-state index is 0.121. The zero-order valence-corrected chi connectivity index (χ0v) is 14.1. The molecule has 1 N–H and O–H groups in total. The molecule has 0 saturated heterocycles. The second-order valence-electron chi connectivity index (χ2n) is 4.81. The van der Waals surface area contributed by atoms with Crippen LogP contribution in [0, 0.1) is 0 Å². The Hall–Kier alpha value is -0.870. The standard InChI is InChI=1S/C14H14ClN2O2PS/c1-7-6-21-14(16-7)10-4-11(19-20)9-3-2-8(5-18)12(15)13(9)17-10/h2-4,7,18H,5-6,20H2,1H3. The highest BCUT2D eigenvalue weighted by atomic mass is 35.5. The van der Waals surface area contributed by atoms with Gasteiger partial charge in [0.2, 0.25) is 0 Å². The van der Waals surface area contributed by atoms with E-state index in [1.807, 2.05) is 12.1 Å². The van der Waals surface area contributed by atoms with Gasteiger partial charge in [-0.1, -0.05) is 17.7 Å². The Morgan fingerprint density at radius 3 is 2.95 bits per heavy atom. The van der Waals surface area contributed by atoms with E-state index >= 15 is 0 Å². The van der Waals surface area contributed by atoms with Crippen molar-refractivity contribution in [3.8, 4) is 5.75 Å². The summed E-state index contributed by atoms with van der Waals surface area (Å²) in [4.78, 5) is 9.20. The van der Waals surface area contributed by atoms with Gasteiger partial charge in [0.25, 0.3) is 0 Å². The van der Waals surface area contributed by atoms with Crippen molar-refractivity contribution in [1.82, 2.24) is 4.98 Å². The summed E-state index contributed by atoms with van der Waals surface area (Å²) < 4.78 is 5.37. The van der Waals surface area contributed by atoms with Crippen molar-refractivity contribution in [2.75, 3.05) is 5.75 Å². The molecule has 1 aromatic carbocycles. The normalized spacial score (nSPS) is 18.1. The van der Waals surface area contributed by atoms with Gasteiger partial charge in [-0.15, -0.1) is 11.8 Å². The molecule has 0 bridgehead atoms. The van der Waals surface area contributed by atoms with E-state index < -0.39 is 0 Å². The maximum absolute atomic E-state index is 9.34. The summed E-state index contributed by atoms with van der Waals surface area (Å²) in [5.41, 5.74) is 2.03. The Morgan fingerprint density at radius 1 is 1.52 bits per heavy atom. The van der Waals surface area contributed by atoms with Crippen LogP contribution in [0.2, 0.25) is 5.02 Å². The first-order valence-electron chi connectivity index (χ1n) is 6.44. The van der Waals surface area contributed by atoms with Gasteiger partial charge in [-0.25, -0.2) is 4.98 Å². The predicted octanol–water partition coefficient (Wildman–Crippen LogP) is 3.43. The molecule has 0 saturated carbocycles. The first kappa shape index (κ1) is 15.0. The predicted molar refractivity (Wildman–Crippen MR) is 91.5 cm³/mol. The number of aliphatic hydroxyl groups is 1. The highest BCUT2D eigenvalue weighted by molar-refractivity contribution is 8.14. The lowest BCUT2D eigenvalue weighted by Crippen LogP contribution is -2.00. The van der Waals surface area contributed by atoms with Crippen LogP contribution >= 0.6 is 32.8 Å². The SMILES string of the molecule is CC1CSC(c2cc(OP)c3ccc(CO)c(Cl)c3n2)=N1. The van der Waals surface area contributed by atoms with Gasteiger partial charge in [0.1, 0.15) is 10.8 Å². The maximum atomic E-state index is 9.34. The van der Waals surface area contributed by atoms with Crippen molar-refractivity contribution in [2.45, 2.75) is 19.6 Å². The fourth-order valence-corrected chi connectivity index (χ4v) is 3.65. The molecule has 2 unspecified atom stereocenters. The number of fused-ring (bicyclic) bond motifs is 1. The zero-order chi connectivity index (χ0) is 15.0. The number of hydrogen-bond acceptors (Lipinski definition) is 5. The number of aromatic nitrogens is 1. The summed E-state index contributed by atoms with van der Waals surface area (Å²) in [6.07, 6.45) is 0. The van der Waals surface area contributed by atoms with Crippen molar-refractivity contribution in [3.63, 3.8) is 0 Å².